The number of halogens is 3. The highest BCUT2D eigenvalue weighted by molar-refractivity contribution is 6.47. The van der Waals surface area contributed by atoms with E-state index in [1.165, 1.54) is 23.9 Å². The molecule has 0 amide bonds. The number of hydrogen-bond acceptors (Lipinski definition) is 9. The number of methoxy groups -OCH3 is 1. The van der Waals surface area contributed by atoms with E-state index in [0.29, 0.717) is 22.6 Å². The van der Waals surface area contributed by atoms with Crippen LogP contribution in [0.4, 0.5) is 13.2 Å². The van der Waals surface area contributed by atoms with E-state index in [1.807, 2.05) is 13.0 Å². The second-order valence-corrected chi connectivity index (χ2v) is 8.77. The Morgan fingerprint density at radius 3 is 2.68 bits per heavy atom. The molecule has 38 heavy (non-hydrogen) atoms. The van der Waals surface area contributed by atoms with Crippen molar-refractivity contribution in [3.63, 3.8) is 0 Å². The zero-order valence-corrected chi connectivity index (χ0v) is 20.9. The Labute approximate surface area is 217 Å². The molecule has 0 aliphatic carbocycles. The highest BCUT2D eigenvalue weighted by Gasteiger charge is 2.32. The topological polar surface area (TPSA) is 135 Å². The van der Waals surface area contributed by atoms with E-state index in [0.717, 1.165) is 38.2 Å². The summed E-state index contributed by atoms with van der Waals surface area (Å²) in [6.45, 7) is 3.47. The molecule has 1 aliphatic rings. The van der Waals surface area contributed by atoms with Crippen LogP contribution in [0.1, 0.15) is 48.3 Å². The first-order valence-electron chi connectivity index (χ1n) is 11.9. The van der Waals surface area contributed by atoms with Crippen molar-refractivity contribution in [3.8, 4) is 11.9 Å². The van der Waals surface area contributed by atoms with E-state index in [4.69, 9.17) is 20.3 Å². The van der Waals surface area contributed by atoms with Crippen LogP contribution in [0, 0.1) is 11.3 Å². The molecule has 0 aromatic carbocycles. The smallest absolute Gasteiger partial charge is 0.417 e. The summed E-state index contributed by atoms with van der Waals surface area (Å²) < 4.78 is 52.9. The Morgan fingerprint density at radius 2 is 2.03 bits per heavy atom. The highest BCUT2D eigenvalue weighted by atomic mass is 19.4. The maximum absolute atomic E-state index is 13.3. The van der Waals surface area contributed by atoms with Crippen molar-refractivity contribution in [3.05, 3.63) is 59.2 Å². The van der Waals surface area contributed by atoms with Crippen LogP contribution >= 0.6 is 0 Å². The minimum atomic E-state index is -4.58. The molecule has 3 aromatic heterocycles. The Morgan fingerprint density at radius 1 is 1.26 bits per heavy atom. The Kier molecular flexibility index (Phi) is 8.23. The summed E-state index contributed by atoms with van der Waals surface area (Å²) in [4.78, 5) is 12.8. The minimum absolute atomic E-state index is 0.0840. The molecule has 4 heterocycles. The van der Waals surface area contributed by atoms with Crippen molar-refractivity contribution < 1.29 is 22.6 Å². The number of ether oxygens (including phenoxy) is 2. The van der Waals surface area contributed by atoms with Gasteiger partial charge in [-0.3, -0.25) is 14.4 Å². The standard InChI is InChI=1S/C25H27F3N8O2/c1-15(34-19-3-5-31-6-4-19)24(35-30)16-8-22-33-13-20(10-29)36(22)23(9-16)38-21(14-37-2)17-7-18(12-32-11-17)25(26,27)28/h7-9,11-13,19,21,31H,3-6,14,30H2,1-2H3/b34-15?,35-24+. The fraction of sp³-hybridized carbons (Fsp3) is 0.400. The van der Waals surface area contributed by atoms with E-state index < -0.39 is 17.8 Å². The molecule has 13 heteroatoms. The monoisotopic (exact) mass is 528 g/mol. The number of imidazole rings is 1. The number of aliphatic imine (C=N–C) groups is 1. The fourth-order valence-corrected chi connectivity index (χ4v) is 4.31. The molecule has 0 bridgehead atoms. The number of nitrogens with zero attached hydrogens (tertiary/aromatic N) is 6. The number of piperidine rings is 1. The molecule has 200 valence electrons. The van der Waals surface area contributed by atoms with Crippen LogP contribution in [0.25, 0.3) is 5.65 Å². The molecule has 0 spiro atoms. The molecule has 3 aromatic rings. The number of nitrogens with two attached hydrogens (primary N) is 1. The van der Waals surface area contributed by atoms with Crippen LogP contribution < -0.4 is 15.9 Å². The van der Waals surface area contributed by atoms with Gasteiger partial charge in [-0.25, -0.2) is 4.98 Å². The summed E-state index contributed by atoms with van der Waals surface area (Å²) in [5.74, 6) is 5.91. The quantitative estimate of drug-likeness (QED) is 0.260. The van der Waals surface area contributed by atoms with E-state index in [1.54, 1.807) is 12.1 Å². The third-order valence-electron chi connectivity index (χ3n) is 6.16. The Bertz CT molecular complexity index is 1390. The molecule has 10 nitrogen and oxygen atoms in total. The first-order chi connectivity index (χ1) is 18.2. The Hall–Kier alpha value is -4.02. The van der Waals surface area contributed by atoms with Gasteiger partial charge in [0.25, 0.3) is 0 Å². The first-order valence-corrected chi connectivity index (χ1v) is 11.9. The second-order valence-electron chi connectivity index (χ2n) is 8.77. The number of nitriles is 1. The molecule has 0 radical (unpaired) electrons. The third-order valence-corrected chi connectivity index (χ3v) is 6.16. The zero-order chi connectivity index (χ0) is 27.3. The summed E-state index contributed by atoms with van der Waals surface area (Å²) in [5, 5.41) is 16.9. The van der Waals surface area contributed by atoms with Crippen molar-refractivity contribution in [2.45, 2.75) is 38.1 Å². The number of nitrogens with one attached hydrogen (secondary N) is 1. The number of fused-ring (bicyclic) bond motifs is 1. The van der Waals surface area contributed by atoms with Crippen LogP contribution in [0.2, 0.25) is 0 Å². The summed E-state index contributed by atoms with van der Waals surface area (Å²) >= 11 is 0. The lowest BCUT2D eigenvalue weighted by Crippen LogP contribution is -2.31. The van der Waals surface area contributed by atoms with Gasteiger partial charge in [-0.1, -0.05) is 0 Å². The molecule has 1 unspecified atom stereocenters. The van der Waals surface area contributed by atoms with Gasteiger partial charge in [0.05, 0.1) is 30.1 Å². The third kappa shape index (κ3) is 5.92. The lowest BCUT2D eigenvalue weighted by Gasteiger charge is -2.22. The number of hydrazone groups is 1. The number of hydrogen-bond donors (Lipinski definition) is 2. The van der Waals surface area contributed by atoms with Crippen molar-refractivity contribution in [2.24, 2.45) is 15.9 Å². The van der Waals surface area contributed by atoms with Gasteiger partial charge >= 0.3 is 6.18 Å². The normalized spacial score (nSPS) is 16.4. The van der Waals surface area contributed by atoms with Gasteiger partial charge in [-0.05, 0) is 45.0 Å². The number of alkyl halides is 3. The molecule has 1 fully saturated rings. The van der Waals surface area contributed by atoms with Gasteiger partial charge in [0, 0.05) is 36.7 Å². The van der Waals surface area contributed by atoms with Gasteiger partial charge in [0.2, 0.25) is 5.88 Å². The molecular formula is C25H27F3N8O2. The maximum atomic E-state index is 13.3. The van der Waals surface area contributed by atoms with Crippen LogP contribution in [0.15, 0.2) is 46.9 Å². The number of aromatic nitrogens is 3. The molecule has 3 N–H and O–H groups in total. The van der Waals surface area contributed by atoms with Gasteiger partial charge in [-0.2, -0.15) is 23.5 Å². The van der Waals surface area contributed by atoms with Gasteiger partial charge in [-0.15, -0.1) is 0 Å². The van der Waals surface area contributed by atoms with E-state index in [9.17, 15) is 18.4 Å². The molecule has 1 saturated heterocycles. The van der Waals surface area contributed by atoms with Crippen LogP contribution in [0.5, 0.6) is 5.88 Å². The molecule has 4 rings (SSSR count). The van der Waals surface area contributed by atoms with E-state index in [-0.39, 0.29) is 29.8 Å². The maximum Gasteiger partial charge on any atom is 0.417 e. The first kappa shape index (κ1) is 27.0. The largest absolute Gasteiger partial charge is 0.468 e. The second kappa shape index (κ2) is 11.6. The van der Waals surface area contributed by atoms with Gasteiger partial charge < -0.3 is 20.6 Å². The van der Waals surface area contributed by atoms with E-state index >= 15 is 0 Å². The molecule has 1 atom stereocenters. The van der Waals surface area contributed by atoms with Crippen LogP contribution in [-0.4, -0.2) is 58.6 Å². The molecule has 1 aliphatic heterocycles. The van der Waals surface area contributed by atoms with E-state index in [2.05, 4.69) is 20.4 Å². The van der Waals surface area contributed by atoms with Gasteiger partial charge in [0.15, 0.2) is 6.10 Å². The van der Waals surface area contributed by atoms with Crippen molar-refractivity contribution in [1.82, 2.24) is 19.7 Å². The predicted octanol–water partition coefficient (Wildman–Crippen LogP) is 3.26. The summed E-state index contributed by atoms with van der Waals surface area (Å²) in [6.07, 6.45) is -0.394. The minimum Gasteiger partial charge on any atom is -0.468 e. The van der Waals surface area contributed by atoms with Crippen molar-refractivity contribution in [1.29, 1.82) is 5.26 Å². The zero-order valence-electron chi connectivity index (χ0n) is 20.9. The summed E-state index contributed by atoms with van der Waals surface area (Å²) in [5.41, 5.74) is 1.32. The van der Waals surface area contributed by atoms with Gasteiger partial charge in [0.1, 0.15) is 23.1 Å². The van der Waals surface area contributed by atoms with Crippen molar-refractivity contribution >= 4 is 17.1 Å². The summed E-state index contributed by atoms with van der Waals surface area (Å²) in [7, 11) is 1.40. The SMILES string of the molecule is COCC(Oc1cc(/C(=N/N)C(C)=NC2CCNCC2)cc2ncc(C#N)n12)c1cncc(C(F)(F)F)c1. The number of pyridine rings is 2. The highest BCUT2D eigenvalue weighted by Crippen LogP contribution is 2.32. The van der Waals surface area contributed by atoms with Crippen LogP contribution in [0.3, 0.4) is 0 Å². The fourth-order valence-electron chi connectivity index (χ4n) is 4.31. The summed E-state index contributed by atoms with van der Waals surface area (Å²) in [6, 6.07) is 6.43. The van der Waals surface area contributed by atoms with Crippen molar-refractivity contribution in [2.75, 3.05) is 26.8 Å². The molecule has 0 saturated carbocycles. The predicted molar refractivity (Wildman–Crippen MR) is 134 cm³/mol. The average molecular weight is 529 g/mol. The number of rotatable bonds is 8. The average Bonchev–Trinajstić information content (AvgIpc) is 3.32. The lowest BCUT2D eigenvalue weighted by molar-refractivity contribution is -0.137. The lowest BCUT2D eigenvalue weighted by atomic mass is 10.0. The van der Waals surface area contributed by atoms with Crippen LogP contribution in [-0.2, 0) is 10.9 Å². The Balaban J connectivity index is 1.77. The molecular weight excluding hydrogens is 501 g/mol.